The van der Waals surface area contributed by atoms with Gasteiger partial charge in [-0.15, -0.1) is 0 Å². The molecule has 1 saturated heterocycles. The summed E-state index contributed by atoms with van der Waals surface area (Å²) in [6.07, 6.45) is -0.493. The van der Waals surface area contributed by atoms with Gasteiger partial charge in [0.2, 0.25) is 0 Å². The maximum Gasteiger partial charge on any atom is 0.408 e. The van der Waals surface area contributed by atoms with Crippen molar-refractivity contribution in [2.45, 2.75) is 64.2 Å². The summed E-state index contributed by atoms with van der Waals surface area (Å²) in [6.45, 7) is 5.23. The number of aromatic nitrogens is 1. The lowest BCUT2D eigenvalue weighted by Crippen LogP contribution is -2.48. The molecule has 11 heteroatoms. The maximum atomic E-state index is 13.7. The number of carbonyl (C=O) groups excluding carboxylic acids is 2. The molecule has 2 rings (SSSR count). The Bertz CT molecular complexity index is 770. The molecule has 1 atom stereocenters. The SMILES string of the molecule is CC(C)(C)OC(=O)N[C@@H](CCN1CCCC(F)(F)C1)C(=O)OCc1cc(Cl)nc(Cl)c1. The number of hydrogen-bond acceptors (Lipinski definition) is 6. The summed E-state index contributed by atoms with van der Waals surface area (Å²) in [7, 11) is 0. The molecule has 0 spiro atoms. The number of hydrogen-bond donors (Lipinski definition) is 1. The maximum absolute atomic E-state index is 13.7. The van der Waals surface area contributed by atoms with Crippen molar-refractivity contribution >= 4 is 35.3 Å². The molecule has 174 valence electrons. The monoisotopic (exact) mass is 481 g/mol. The van der Waals surface area contributed by atoms with E-state index in [0.29, 0.717) is 18.5 Å². The van der Waals surface area contributed by atoms with Crippen LogP contribution < -0.4 is 5.32 Å². The van der Waals surface area contributed by atoms with E-state index in [1.807, 2.05) is 0 Å². The number of nitrogens with one attached hydrogen (secondary N) is 1. The number of halogens is 4. The Hall–Kier alpha value is -1.71. The molecule has 1 aromatic heterocycles. The van der Waals surface area contributed by atoms with E-state index in [1.54, 1.807) is 25.7 Å². The van der Waals surface area contributed by atoms with Gasteiger partial charge in [0.05, 0.1) is 6.54 Å². The number of esters is 1. The third kappa shape index (κ3) is 9.53. The summed E-state index contributed by atoms with van der Waals surface area (Å²) in [4.78, 5) is 30.2. The van der Waals surface area contributed by atoms with E-state index < -0.39 is 29.6 Å². The molecule has 31 heavy (non-hydrogen) atoms. The second-order valence-corrected chi connectivity index (χ2v) is 9.23. The average molecular weight is 482 g/mol. The minimum absolute atomic E-state index is 0.0893. The molecule has 1 amide bonds. The second kappa shape index (κ2) is 10.7. The van der Waals surface area contributed by atoms with Crippen LogP contribution in [0.1, 0.15) is 45.6 Å². The van der Waals surface area contributed by atoms with Gasteiger partial charge in [0.15, 0.2) is 0 Å². The molecule has 1 fully saturated rings. The fourth-order valence-electron chi connectivity index (χ4n) is 3.10. The van der Waals surface area contributed by atoms with Crippen LogP contribution in [0.3, 0.4) is 0 Å². The number of alkyl halides is 2. The number of alkyl carbamates (subject to hydrolysis) is 1. The minimum atomic E-state index is -2.76. The first kappa shape index (κ1) is 25.5. The van der Waals surface area contributed by atoms with Crippen LogP contribution >= 0.6 is 23.2 Å². The molecule has 1 aromatic rings. The van der Waals surface area contributed by atoms with E-state index in [-0.39, 0.29) is 42.8 Å². The Morgan fingerprint density at radius 3 is 2.52 bits per heavy atom. The lowest BCUT2D eigenvalue weighted by Gasteiger charge is -2.33. The Labute approximate surface area is 190 Å². The summed E-state index contributed by atoms with van der Waals surface area (Å²) in [5.74, 6) is -3.48. The highest BCUT2D eigenvalue weighted by atomic mass is 35.5. The van der Waals surface area contributed by atoms with Crippen molar-refractivity contribution in [2.75, 3.05) is 19.6 Å². The van der Waals surface area contributed by atoms with Gasteiger partial charge >= 0.3 is 12.1 Å². The van der Waals surface area contributed by atoms with Crippen LogP contribution in [0.15, 0.2) is 12.1 Å². The fourth-order valence-corrected chi connectivity index (χ4v) is 3.61. The minimum Gasteiger partial charge on any atom is -0.459 e. The van der Waals surface area contributed by atoms with Gasteiger partial charge in [-0.3, -0.25) is 4.90 Å². The van der Waals surface area contributed by atoms with Crippen LogP contribution in [0.5, 0.6) is 0 Å². The normalized spacial score (nSPS) is 17.6. The van der Waals surface area contributed by atoms with Crippen LogP contribution in [0.2, 0.25) is 10.3 Å². The van der Waals surface area contributed by atoms with Gasteiger partial charge in [-0.05, 0) is 57.9 Å². The quantitative estimate of drug-likeness (QED) is 0.457. The average Bonchev–Trinajstić information content (AvgIpc) is 2.60. The molecule has 2 heterocycles. The van der Waals surface area contributed by atoms with Crippen molar-refractivity contribution in [1.29, 1.82) is 0 Å². The largest absolute Gasteiger partial charge is 0.459 e. The smallest absolute Gasteiger partial charge is 0.408 e. The van der Waals surface area contributed by atoms with Crippen LogP contribution in [0.25, 0.3) is 0 Å². The predicted molar refractivity (Wildman–Crippen MR) is 112 cm³/mol. The number of piperidine rings is 1. The van der Waals surface area contributed by atoms with Gasteiger partial charge in [-0.25, -0.2) is 23.4 Å². The summed E-state index contributed by atoms with van der Waals surface area (Å²) in [5.41, 5.74) is -0.247. The van der Waals surface area contributed by atoms with E-state index in [2.05, 4.69) is 10.3 Å². The van der Waals surface area contributed by atoms with E-state index in [9.17, 15) is 18.4 Å². The molecule has 0 aliphatic carbocycles. The molecular formula is C20H27Cl2F2N3O4. The summed E-state index contributed by atoms with van der Waals surface area (Å²) >= 11 is 11.7. The molecule has 1 N–H and O–H groups in total. The predicted octanol–water partition coefficient (Wildman–Crippen LogP) is 4.45. The van der Waals surface area contributed by atoms with Gasteiger partial charge in [-0.2, -0.15) is 0 Å². The van der Waals surface area contributed by atoms with Gasteiger partial charge in [0, 0.05) is 13.0 Å². The summed E-state index contributed by atoms with van der Waals surface area (Å²) < 4.78 is 37.8. The molecular weight excluding hydrogens is 455 g/mol. The molecule has 0 saturated carbocycles. The van der Waals surface area contributed by atoms with Crippen molar-refractivity contribution in [3.05, 3.63) is 28.0 Å². The Kier molecular flexibility index (Phi) is 8.85. The van der Waals surface area contributed by atoms with Crippen molar-refractivity contribution in [3.8, 4) is 0 Å². The topological polar surface area (TPSA) is 80.8 Å². The van der Waals surface area contributed by atoms with E-state index >= 15 is 0 Å². The molecule has 0 aromatic carbocycles. The molecule has 0 bridgehead atoms. The number of carbonyl (C=O) groups is 2. The van der Waals surface area contributed by atoms with Crippen molar-refractivity contribution < 1.29 is 27.8 Å². The van der Waals surface area contributed by atoms with Gasteiger partial charge < -0.3 is 14.8 Å². The van der Waals surface area contributed by atoms with Gasteiger partial charge in [-0.1, -0.05) is 23.2 Å². The van der Waals surface area contributed by atoms with Crippen molar-refractivity contribution in [2.24, 2.45) is 0 Å². The Morgan fingerprint density at radius 1 is 1.29 bits per heavy atom. The number of pyridine rings is 1. The highest BCUT2D eigenvalue weighted by molar-refractivity contribution is 6.32. The van der Waals surface area contributed by atoms with Gasteiger partial charge in [0.1, 0.15) is 28.6 Å². The first-order valence-corrected chi connectivity index (χ1v) is 10.7. The molecule has 1 aliphatic heterocycles. The first-order valence-electron chi connectivity index (χ1n) is 9.91. The van der Waals surface area contributed by atoms with E-state index in [0.717, 1.165) is 0 Å². The van der Waals surface area contributed by atoms with Crippen LogP contribution in [0, 0.1) is 0 Å². The van der Waals surface area contributed by atoms with Crippen LogP contribution in [0.4, 0.5) is 13.6 Å². The molecule has 7 nitrogen and oxygen atoms in total. The highest BCUT2D eigenvalue weighted by Gasteiger charge is 2.35. The highest BCUT2D eigenvalue weighted by Crippen LogP contribution is 2.26. The summed E-state index contributed by atoms with van der Waals surface area (Å²) in [5, 5.41) is 2.77. The second-order valence-electron chi connectivity index (χ2n) is 8.45. The number of likely N-dealkylation sites (tertiary alicyclic amines) is 1. The lowest BCUT2D eigenvalue weighted by molar-refractivity contribution is -0.148. The third-order valence-corrected chi connectivity index (χ3v) is 4.77. The standard InChI is InChI=1S/C20H27Cl2F2N3O4/c1-19(2,3)31-18(29)25-14(5-8-27-7-4-6-20(23,24)12-27)17(28)30-11-13-9-15(21)26-16(22)10-13/h9-10,14H,4-8,11-12H2,1-3H3,(H,25,29)/t14-/m0/s1. The zero-order valence-corrected chi connectivity index (χ0v) is 19.2. The van der Waals surface area contributed by atoms with Crippen molar-refractivity contribution in [1.82, 2.24) is 15.2 Å². The Morgan fingerprint density at radius 2 is 1.94 bits per heavy atom. The fraction of sp³-hybridized carbons (Fsp3) is 0.650. The number of nitrogens with zero attached hydrogens (tertiary/aromatic N) is 2. The first-order chi connectivity index (χ1) is 14.3. The molecule has 1 aliphatic rings. The lowest BCUT2D eigenvalue weighted by atomic mass is 10.1. The number of rotatable bonds is 7. The zero-order chi connectivity index (χ0) is 23.2. The van der Waals surface area contributed by atoms with Gasteiger partial charge in [0.25, 0.3) is 5.92 Å². The number of ether oxygens (including phenoxy) is 2. The molecule has 0 radical (unpaired) electrons. The summed E-state index contributed by atoms with van der Waals surface area (Å²) in [6, 6.07) is 1.91. The Balaban J connectivity index is 2.01. The van der Waals surface area contributed by atoms with E-state index in [1.165, 1.54) is 12.1 Å². The number of amides is 1. The van der Waals surface area contributed by atoms with Crippen molar-refractivity contribution in [3.63, 3.8) is 0 Å². The zero-order valence-electron chi connectivity index (χ0n) is 17.7. The third-order valence-electron chi connectivity index (χ3n) is 4.39. The van der Waals surface area contributed by atoms with Crippen LogP contribution in [-0.2, 0) is 20.9 Å². The molecule has 0 unspecified atom stereocenters. The van der Waals surface area contributed by atoms with Crippen LogP contribution in [-0.4, -0.2) is 59.1 Å². The van der Waals surface area contributed by atoms with E-state index in [4.69, 9.17) is 32.7 Å².